The largest absolute Gasteiger partial charge is 0.494 e. The van der Waals surface area contributed by atoms with E-state index in [0.29, 0.717) is 0 Å². The summed E-state index contributed by atoms with van der Waals surface area (Å²) in [6.07, 6.45) is 6.35. The number of rotatable bonds is 7. The molecule has 5 heteroatoms. The van der Waals surface area contributed by atoms with Crippen LogP contribution in [0.15, 0.2) is 29.3 Å². The lowest BCUT2D eigenvalue weighted by molar-refractivity contribution is 0.205. The number of aliphatic imine (C=N–C) groups is 1. The minimum Gasteiger partial charge on any atom is -0.494 e. The molecule has 1 aromatic carbocycles. The second-order valence-electron chi connectivity index (χ2n) is 4.99. The fourth-order valence-corrected chi connectivity index (χ4v) is 2.39. The van der Waals surface area contributed by atoms with Gasteiger partial charge in [-0.1, -0.05) is 6.42 Å². The van der Waals surface area contributed by atoms with E-state index >= 15 is 0 Å². The van der Waals surface area contributed by atoms with Crippen molar-refractivity contribution < 1.29 is 9.94 Å². The zero-order valence-electron chi connectivity index (χ0n) is 11.8. The highest BCUT2D eigenvalue weighted by Gasteiger charge is 2.08. The van der Waals surface area contributed by atoms with E-state index in [0.717, 1.165) is 31.0 Å². The lowest BCUT2D eigenvalue weighted by Crippen LogP contribution is -2.31. The Bertz CT molecular complexity index is 400. The first-order valence-electron chi connectivity index (χ1n) is 7.26. The number of likely N-dealkylation sites (tertiary alicyclic amines) is 1. The molecule has 110 valence electrons. The Kier molecular flexibility index (Phi) is 6.34. The summed E-state index contributed by atoms with van der Waals surface area (Å²) in [4.78, 5) is 6.50. The van der Waals surface area contributed by atoms with Crippen LogP contribution >= 0.6 is 0 Å². The Morgan fingerprint density at radius 1 is 1.20 bits per heavy atom. The molecule has 1 aromatic rings. The molecule has 0 radical (unpaired) electrons. The molecule has 0 aliphatic carbocycles. The van der Waals surface area contributed by atoms with Crippen molar-refractivity contribution in [1.82, 2.24) is 10.4 Å². The van der Waals surface area contributed by atoms with Crippen LogP contribution in [-0.4, -0.2) is 42.7 Å². The first kappa shape index (κ1) is 14.8. The van der Waals surface area contributed by atoms with Crippen LogP contribution in [0.5, 0.6) is 5.75 Å². The first-order valence-corrected chi connectivity index (χ1v) is 7.26. The molecule has 1 aliphatic rings. The van der Waals surface area contributed by atoms with Crippen molar-refractivity contribution in [3.63, 3.8) is 0 Å². The van der Waals surface area contributed by atoms with Crippen LogP contribution in [0.2, 0.25) is 0 Å². The maximum Gasteiger partial charge on any atom is 0.119 e. The molecular formula is C15H23N3O2. The van der Waals surface area contributed by atoms with Crippen molar-refractivity contribution in [2.75, 3.05) is 26.2 Å². The van der Waals surface area contributed by atoms with Gasteiger partial charge in [-0.2, -0.15) is 0 Å². The average molecular weight is 277 g/mol. The Hall–Kier alpha value is -1.59. The van der Waals surface area contributed by atoms with Gasteiger partial charge in [-0.05, 0) is 56.6 Å². The van der Waals surface area contributed by atoms with E-state index in [-0.39, 0.29) is 0 Å². The summed E-state index contributed by atoms with van der Waals surface area (Å²) in [6.45, 7) is 4.36. The molecule has 0 saturated carbocycles. The van der Waals surface area contributed by atoms with E-state index in [1.165, 1.54) is 38.7 Å². The molecule has 5 nitrogen and oxygen atoms in total. The number of hydrogen-bond donors (Lipinski definition) is 2. The van der Waals surface area contributed by atoms with Gasteiger partial charge in [-0.15, -0.1) is 0 Å². The van der Waals surface area contributed by atoms with Crippen LogP contribution in [0.4, 0.5) is 5.69 Å². The molecule has 0 unspecified atom stereocenters. The van der Waals surface area contributed by atoms with Crippen LogP contribution in [0.3, 0.4) is 0 Å². The van der Waals surface area contributed by atoms with Gasteiger partial charge in [-0.3, -0.25) is 10.7 Å². The van der Waals surface area contributed by atoms with E-state index in [1.807, 2.05) is 29.7 Å². The second-order valence-corrected chi connectivity index (χ2v) is 4.99. The highest BCUT2D eigenvalue weighted by Crippen LogP contribution is 2.17. The van der Waals surface area contributed by atoms with E-state index in [2.05, 4.69) is 9.89 Å². The minimum atomic E-state index is 0.747. The van der Waals surface area contributed by atoms with Gasteiger partial charge in [0.15, 0.2) is 0 Å². The van der Waals surface area contributed by atoms with Gasteiger partial charge in [0.05, 0.1) is 12.3 Å². The number of nitrogens with zero attached hydrogens (tertiary/aromatic N) is 2. The van der Waals surface area contributed by atoms with Crippen molar-refractivity contribution in [3.8, 4) is 5.75 Å². The SMILES string of the molecule is ONC=Nc1ccc(OCCCN2CCCCC2)cc1. The molecule has 0 atom stereocenters. The van der Waals surface area contributed by atoms with Crippen LogP contribution in [-0.2, 0) is 0 Å². The Labute approximate surface area is 120 Å². The van der Waals surface area contributed by atoms with Gasteiger partial charge in [0.1, 0.15) is 12.1 Å². The average Bonchev–Trinajstić information content (AvgIpc) is 2.52. The van der Waals surface area contributed by atoms with Gasteiger partial charge in [0.25, 0.3) is 0 Å². The van der Waals surface area contributed by atoms with E-state index in [1.54, 1.807) is 0 Å². The van der Waals surface area contributed by atoms with Crippen molar-refractivity contribution in [3.05, 3.63) is 24.3 Å². The molecule has 1 heterocycles. The summed E-state index contributed by atoms with van der Waals surface area (Å²) >= 11 is 0. The molecule has 1 fully saturated rings. The minimum absolute atomic E-state index is 0.747. The van der Waals surface area contributed by atoms with Crippen molar-refractivity contribution in [2.45, 2.75) is 25.7 Å². The number of benzene rings is 1. The van der Waals surface area contributed by atoms with Gasteiger partial charge in [0, 0.05) is 6.54 Å². The van der Waals surface area contributed by atoms with Gasteiger partial charge >= 0.3 is 0 Å². The Morgan fingerprint density at radius 2 is 1.95 bits per heavy atom. The van der Waals surface area contributed by atoms with Crippen LogP contribution in [0, 0.1) is 0 Å². The van der Waals surface area contributed by atoms with Gasteiger partial charge in [0.2, 0.25) is 0 Å². The summed E-state index contributed by atoms with van der Waals surface area (Å²) in [6, 6.07) is 7.50. The third-order valence-corrected chi connectivity index (χ3v) is 3.44. The summed E-state index contributed by atoms with van der Waals surface area (Å²) in [7, 11) is 0. The third-order valence-electron chi connectivity index (χ3n) is 3.44. The predicted molar refractivity (Wildman–Crippen MR) is 79.9 cm³/mol. The Balaban J connectivity index is 1.64. The number of nitrogens with one attached hydrogen (secondary N) is 1. The first-order chi connectivity index (χ1) is 9.88. The molecule has 0 amide bonds. The molecule has 0 aromatic heterocycles. The highest BCUT2D eigenvalue weighted by molar-refractivity contribution is 5.59. The molecule has 1 aliphatic heterocycles. The topological polar surface area (TPSA) is 57.1 Å². The van der Waals surface area contributed by atoms with E-state index in [4.69, 9.17) is 9.94 Å². The summed E-state index contributed by atoms with van der Waals surface area (Å²) in [5, 5.41) is 8.40. The fourth-order valence-electron chi connectivity index (χ4n) is 2.39. The monoisotopic (exact) mass is 277 g/mol. The van der Waals surface area contributed by atoms with Gasteiger partial charge in [-0.25, -0.2) is 4.99 Å². The number of hydroxylamine groups is 1. The standard InChI is InChI=1S/C15H23N3O2/c19-17-13-16-14-5-7-15(8-6-14)20-12-4-11-18-9-2-1-3-10-18/h5-8,13,19H,1-4,9-12H2,(H,16,17). The molecule has 0 bridgehead atoms. The lowest BCUT2D eigenvalue weighted by Gasteiger charge is -2.26. The number of ether oxygens (including phenoxy) is 1. The van der Waals surface area contributed by atoms with Gasteiger partial charge < -0.3 is 9.64 Å². The summed E-state index contributed by atoms with van der Waals surface area (Å²) in [5.41, 5.74) is 2.65. The van der Waals surface area contributed by atoms with Crippen molar-refractivity contribution in [1.29, 1.82) is 0 Å². The normalized spacial score (nSPS) is 16.4. The van der Waals surface area contributed by atoms with Crippen LogP contribution in [0.25, 0.3) is 0 Å². The van der Waals surface area contributed by atoms with Crippen LogP contribution in [0.1, 0.15) is 25.7 Å². The van der Waals surface area contributed by atoms with E-state index in [9.17, 15) is 0 Å². The molecule has 0 spiro atoms. The lowest BCUT2D eigenvalue weighted by atomic mass is 10.1. The summed E-state index contributed by atoms with van der Waals surface area (Å²) < 4.78 is 5.71. The fraction of sp³-hybridized carbons (Fsp3) is 0.533. The maximum atomic E-state index is 8.40. The number of piperidine rings is 1. The number of hydrogen-bond acceptors (Lipinski definition) is 4. The zero-order valence-corrected chi connectivity index (χ0v) is 11.8. The summed E-state index contributed by atoms with van der Waals surface area (Å²) in [5.74, 6) is 0.861. The molecular weight excluding hydrogens is 254 g/mol. The molecule has 20 heavy (non-hydrogen) atoms. The Morgan fingerprint density at radius 3 is 2.65 bits per heavy atom. The molecule has 2 N–H and O–H groups in total. The quantitative estimate of drug-likeness (QED) is 0.348. The maximum absolute atomic E-state index is 8.40. The second kappa shape index (κ2) is 8.55. The highest BCUT2D eigenvalue weighted by atomic mass is 16.5. The van der Waals surface area contributed by atoms with Crippen molar-refractivity contribution >= 4 is 12.0 Å². The smallest absolute Gasteiger partial charge is 0.119 e. The predicted octanol–water partition coefficient (Wildman–Crippen LogP) is 2.58. The zero-order chi connectivity index (χ0) is 14.0. The van der Waals surface area contributed by atoms with Crippen molar-refractivity contribution in [2.24, 2.45) is 4.99 Å². The molecule has 2 rings (SSSR count). The third kappa shape index (κ3) is 5.19. The van der Waals surface area contributed by atoms with Crippen LogP contribution < -0.4 is 10.2 Å². The van der Waals surface area contributed by atoms with E-state index < -0.39 is 0 Å². The molecule has 1 saturated heterocycles.